The van der Waals surface area contributed by atoms with E-state index >= 15 is 0 Å². The van der Waals surface area contributed by atoms with Crippen molar-refractivity contribution in [2.45, 2.75) is 301 Å². The van der Waals surface area contributed by atoms with E-state index in [1.807, 2.05) is 42.0 Å². The number of para-hydroxylation sites is 2. The van der Waals surface area contributed by atoms with E-state index < -0.39 is 120 Å². The highest BCUT2D eigenvalue weighted by atomic mass is 16.6. The highest BCUT2D eigenvalue weighted by Gasteiger charge is 2.48. The summed E-state index contributed by atoms with van der Waals surface area (Å²) in [5.74, 6) is -6.65. The number of aromatic hydroxyl groups is 3. The number of fused-ring (bicyclic) bond motifs is 4. The van der Waals surface area contributed by atoms with Crippen LogP contribution in [-0.4, -0.2) is 269 Å². The van der Waals surface area contributed by atoms with Gasteiger partial charge in [-0.1, -0.05) is 152 Å². The molecule has 4 aromatic carbocycles. The number of H-pyrrole nitrogens is 1. The molecular formula is C109H152N14O24. The lowest BCUT2D eigenvalue weighted by Gasteiger charge is -2.43. The number of amides is 10. The van der Waals surface area contributed by atoms with Gasteiger partial charge in [-0.25, -0.2) is 4.79 Å². The summed E-state index contributed by atoms with van der Waals surface area (Å²) in [6.07, 6.45) is 22.7. The molecule has 0 spiro atoms. The number of anilines is 1. The van der Waals surface area contributed by atoms with Crippen LogP contribution >= 0.6 is 0 Å². The van der Waals surface area contributed by atoms with E-state index in [1.54, 1.807) is 81.9 Å². The Morgan fingerprint density at radius 3 is 1.97 bits per heavy atom. The van der Waals surface area contributed by atoms with Gasteiger partial charge in [0, 0.05) is 143 Å². The van der Waals surface area contributed by atoms with Gasteiger partial charge in [0.2, 0.25) is 53.2 Å². The van der Waals surface area contributed by atoms with Gasteiger partial charge in [-0.05, 0) is 178 Å². The van der Waals surface area contributed by atoms with Crippen molar-refractivity contribution in [1.82, 2.24) is 61.1 Å². The van der Waals surface area contributed by atoms with Crippen LogP contribution in [0, 0.1) is 12.8 Å². The van der Waals surface area contributed by atoms with Gasteiger partial charge >= 0.3 is 5.97 Å². The zero-order valence-corrected chi connectivity index (χ0v) is 86.8. The molecule has 1 aliphatic carbocycles. The van der Waals surface area contributed by atoms with Crippen molar-refractivity contribution in [3.05, 3.63) is 176 Å². The Morgan fingerprint density at radius 2 is 1.36 bits per heavy atom. The number of phenols is 2. The predicted octanol–water partition coefficient (Wildman–Crippen LogP) is 9.59. The maximum absolute atomic E-state index is 12.9. The second kappa shape index (κ2) is 57.5. The number of nitrogens with zero attached hydrogens (tertiary/aromatic N) is 6. The summed E-state index contributed by atoms with van der Waals surface area (Å²) >= 11 is 0. The molecule has 13 rings (SSSR count). The standard InChI is InChI=1S/C43H78N6O13.C20H25N3O.C18H16N2O3.C16H19NO5.C12H14N2O2/c1-5-6-7-8-9-10-11-12-13-14-15-16-17-18-19-23-34(52)45-26-21-20-22-32(42(58)59)48-35(53)25-24-31(39(44)55)49-40(56)28(2)46-41(57)29(3)61-38-36(47-30(4)51)43(60)62-33(27-50)37(38)54;1-4-23(5-2)20(24)14-9-16-15-7-6-8-17-19(15)13(11-21-17)10-18(16)22(3)12-14;1-19(12-8-4-3-5-9-12)17(22)15-16(21)13-10-6-7-11-14(13)20(2)18(15)23;1-8-5-10(18)15-12(20)6-11(19)14(16(15)22-8)9-3-4-17(2)7-13(9)21;1-2-12(9-4-7-13-8-5-9)6-3-10(15)14-11(12)16/h28-29,31-33,36-38,43,50,54,60H,5-27H2,1-4H3,(H2,44,55)(H,45,52)(H,46,57)(H,47,51)(H,48,53)(H,49,56)(H,58,59);6-9,11,14,18,21H,4-5,10,12H2,1-3H3;3-11,21H,1-2H3;5-6,9,13,19-21H,3-4,7H2,1-2H3;4-5,7-8H,2-3,6H2,1H3,(H,14,15,16)/t28-,29+,31+,32-,33+,36+,37?,38+,43+;14-,18-;;9-,13+;/m01.0./s1. The number of primary amides is 1. The Morgan fingerprint density at radius 1 is 0.714 bits per heavy atom. The fourth-order valence-electron chi connectivity index (χ4n) is 19.6. The van der Waals surface area contributed by atoms with Gasteiger partial charge < -0.3 is 111 Å². The first-order valence-corrected chi connectivity index (χ1v) is 51.5. The van der Waals surface area contributed by atoms with Crippen LogP contribution in [0.5, 0.6) is 17.2 Å². The van der Waals surface area contributed by atoms with E-state index in [2.05, 4.69) is 105 Å². The third kappa shape index (κ3) is 32.1. The number of aliphatic hydroxyl groups is 4. The number of aliphatic carboxylic acids is 1. The number of nitrogens with one attached hydrogen (secondary N) is 7. The number of piperidine rings is 2. The lowest BCUT2D eigenvalue weighted by Crippen LogP contribution is -2.65. The van der Waals surface area contributed by atoms with Crippen LogP contribution < -0.4 is 53.5 Å². The van der Waals surface area contributed by atoms with E-state index in [1.165, 1.54) is 134 Å². The Hall–Kier alpha value is -12.8. The average Bonchev–Trinajstić information content (AvgIpc) is 1.62. The summed E-state index contributed by atoms with van der Waals surface area (Å²) in [6.45, 7) is 17.0. The number of hydrogen-bond acceptors (Lipinski definition) is 26. The Labute approximate surface area is 857 Å². The lowest BCUT2D eigenvalue weighted by atomic mass is 9.72. The molecule has 3 saturated heterocycles. The number of aliphatic hydroxyl groups excluding tert-OH is 4. The van der Waals surface area contributed by atoms with Crippen molar-refractivity contribution in [2.75, 3.05) is 71.9 Å². The minimum atomic E-state index is -1.68. The molecule has 3 fully saturated rings. The number of unbranched alkanes of at least 4 members (excludes halogenated alkanes) is 15. The molecule has 0 radical (unpaired) electrons. The number of carbonyl (C=O) groups is 11. The minimum Gasteiger partial charge on any atom is -0.507 e. The van der Waals surface area contributed by atoms with Gasteiger partial charge in [0.15, 0.2) is 11.7 Å². The molecule has 802 valence electrons. The number of aromatic amines is 1. The maximum atomic E-state index is 12.9. The molecule has 38 nitrogen and oxygen atoms in total. The van der Waals surface area contributed by atoms with Gasteiger partial charge in [0.25, 0.3) is 11.5 Å². The van der Waals surface area contributed by atoms with E-state index in [-0.39, 0.29) is 93.9 Å². The Balaban J connectivity index is 0.000000228. The van der Waals surface area contributed by atoms with E-state index in [4.69, 9.17) is 19.6 Å². The average molecular weight is 2040 g/mol. The number of hydrogen-bond donors (Lipinski definition) is 16. The summed E-state index contributed by atoms with van der Waals surface area (Å²) in [6, 6.07) is 23.7. The smallest absolute Gasteiger partial charge is 0.326 e. The number of carbonyl (C=O) groups excluding carboxylic acids is 10. The number of imide groups is 1. The number of nitrogens with two attached hydrogens (primary N) is 1. The fourth-order valence-corrected chi connectivity index (χ4v) is 19.6. The van der Waals surface area contributed by atoms with Crippen molar-refractivity contribution in [2.24, 2.45) is 18.7 Å². The van der Waals surface area contributed by atoms with Crippen LogP contribution in [0.1, 0.15) is 253 Å². The lowest BCUT2D eigenvalue weighted by molar-refractivity contribution is -0.266. The first kappa shape index (κ1) is 118. The molecule has 2 unspecified atom stereocenters. The second-order valence-electron chi connectivity index (χ2n) is 38.7. The monoisotopic (exact) mass is 2040 g/mol. The molecule has 4 aliphatic heterocycles. The molecule has 38 heteroatoms. The molecular weight excluding hydrogens is 1890 g/mol. The summed E-state index contributed by atoms with van der Waals surface area (Å²) < 4.78 is 17.8. The van der Waals surface area contributed by atoms with Crippen LogP contribution in [0.3, 0.4) is 0 Å². The number of rotatable bonds is 43. The number of β-amino-alcohol motifs (C(OH)–C–C–N with tert-alkyl or cyclic N) is 1. The number of aromatic nitrogens is 3. The highest BCUT2D eigenvalue weighted by molar-refractivity contribution is 6.10. The van der Waals surface area contributed by atoms with Crippen LogP contribution in [0.4, 0.5) is 5.69 Å². The molecule has 147 heavy (non-hydrogen) atoms. The summed E-state index contributed by atoms with van der Waals surface area (Å²) in [4.78, 5) is 175. The van der Waals surface area contributed by atoms with E-state index in [0.29, 0.717) is 92.0 Å². The quantitative estimate of drug-likeness (QED) is 0.0125. The topological polar surface area (TPSA) is 560 Å². The molecule has 10 amide bonds. The van der Waals surface area contributed by atoms with Gasteiger partial charge in [-0.3, -0.25) is 72.7 Å². The van der Waals surface area contributed by atoms with Gasteiger partial charge in [0.1, 0.15) is 88.1 Å². The molecule has 8 aromatic rings. The number of phenolic OH excluding ortho intramolecular Hbond substituents is 2. The molecule has 4 aromatic heterocycles. The number of likely N-dealkylation sites (N-methyl/N-ethyl adjacent to an activating group) is 2. The number of carboxylic acids is 1. The molecule has 17 N–H and O–H groups in total. The number of likely N-dealkylation sites (tertiary alicyclic amines) is 1. The number of ether oxygens (including phenoxy) is 2. The number of aryl methyl sites for hydroxylation is 2. The zero-order chi connectivity index (χ0) is 107. The van der Waals surface area contributed by atoms with Crippen molar-refractivity contribution in [3.8, 4) is 17.2 Å². The number of carboxylic acid groups (broad SMARTS) is 1. The van der Waals surface area contributed by atoms with Gasteiger partial charge in [-0.15, -0.1) is 0 Å². The van der Waals surface area contributed by atoms with Crippen LogP contribution in [-0.2, 0) is 76.3 Å². The number of benzene rings is 4. The fraction of sp³-hybridized carbons (Fsp3) is 0.541. The van der Waals surface area contributed by atoms with E-state index in [0.717, 1.165) is 70.4 Å². The zero-order valence-electron chi connectivity index (χ0n) is 86.8. The normalized spacial score (nSPS) is 20.3. The largest absolute Gasteiger partial charge is 0.507 e. The SMILES string of the molecule is CCC1(c2ccncc2)CCC(=O)NC1=O.CCCCCCCCCCCCCCCCCC(=O)NCCCC[C@H](NC(=O)CC[C@@H](NC(=O)[C@H](C)NC(=O)[C@@H](C)O[C@H]1C(O)[C@@H](CO)O[C@@H](O)[C@@H]1NC(C)=O)C(N)=O)C(=O)O.CCN(CC)C(=O)[C@@H]1C=C2c3cccc4[nH]cc(c34)C[C@H]2N(C)C1.CN(C(=O)c1c(O)c2ccccc2n(C)c1=O)c1ccccc1.Cc1cc(=O)c2c(O)cc(O)c([C@H]3CCN(C)C[C@H]3O)c2o1. The summed E-state index contributed by atoms with van der Waals surface area (Å²) in [5.41, 5.74) is 11.7. The summed E-state index contributed by atoms with van der Waals surface area (Å²) in [5, 5.41) is 97.8. The van der Waals surface area contributed by atoms with Crippen LogP contribution in [0.25, 0.3) is 38.3 Å². The van der Waals surface area contributed by atoms with E-state index in [9.17, 15) is 103 Å². The number of pyridine rings is 2. The molecule has 8 heterocycles. The van der Waals surface area contributed by atoms with Crippen molar-refractivity contribution < 1.29 is 107 Å². The maximum Gasteiger partial charge on any atom is 0.326 e. The molecule has 5 aliphatic rings. The van der Waals surface area contributed by atoms with Gasteiger partial charge in [-0.2, -0.15) is 0 Å². The third-order valence-corrected chi connectivity index (χ3v) is 28.1. The van der Waals surface area contributed by atoms with Crippen molar-refractivity contribution >= 4 is 109 Å². The second-order valence-corrected chi connectivity index (χ2v) is 38.7. The van der Waals surface area contributed by atoms with Crippen molar-refractivity contribution in [1.29, 1.82) is 0 Å². The Bertz CT molecular complexity index is 5930. The third-order valence-electron chi connectivity index (χ3n) is 28.1. The first-order valence-electron chi connectivity index (χ1n) is 51.5. The van der Waals surface area contributed by atoms with Crippen molar-refractivity contribution in [3.63, 3.8) is 0 Å². The summed E-state index contributed by atoms with van der Waals surface area (Å²) in [7, 11) is 7.23. The van der Waals surface area contributed by atoms with Crippen LogP contribution in [0.15, 0.2) is 136 Å². The molecule has 14 atom stereocenters. The predicted molar refractivity (Wildman–Crippen MR) is 558 cm³/mol. The highest BCUT2D eigenvalue weighted by Crippen LogP contribution is 2.44. The Kier molecular flexibility index (Phi) is 46.0. The molecule has 0 saturated carbocycles. The van der Waals surface area contributed by atoms with Crippen LogP contribution in [0.2, 0.25) is 0 Å². The molecule has 0 bridgehead atoms. The van der Waals surface area contributed by atoms with Gasteiger partial charge in [0.05, 0.1) is 29.6 Å². The minimum absolute atomic E-state index is 0.0393. The first-order chi connectivity index (χ1) is 70.2.